The highest BCUT2D eigenvalue weighted by Gasteiger charge is 2.20. The molecule has 0 aliphatic rings. The van der Waals surface area contributed by atoms with Crippen molar-refractivity contribution in [3.8, 4) is 10.7 Å². The number of thioether (sulfide) groups is 1. The Morgan fingerprint density at radius 3 is 2.71 bits per heavy atom. The second kappa shape index (κ2) is 7.80. The largest absolute Gasteiger partial charge is 0.459 e. The summed E-state index contributed by atoms with van der Waals surface area (Å²) < 4.78 is 7.10. The molecule has 0 saturated carbocycles. The highest BCUT2D eigenvalue weighted by atomic mass is 32.2. The van der Waals surface area contributed by atoms with Gasteiger partial charge < -0.3 is 15.0 Å². The van der Waals surface area contributed by atoms with Crippen molar-refractivity contribution in [1.29, 1.82) is 0 Å². The molecule has 0 aliphatic heterocycles. The molecular formula is C15H20N4O3S2. The third-order valence-corrected chi connectivity index (χ3v) is 4.59. The van der Waals surface area contributed by atoms with Gasteiger partial charge in [-0.3, -0.25) is 9.59 Å². The number of thiophene rings is 1. The fourth-order valence-electron chi connectivity index (χ4n) is 1.90. The summed E-state index contributed by atoms with van der Waals surface area (Å²) in [7, 11) is 0. The Morgan fingerprint density at radius 1 is 1.38 bits per heavy atom. The van der Waals surface area contributed by atoms with Crippen molar-refractivity contribution in [2.45, 2.75) is 44.5 Å². The number of hydrogen-bond acceptors (Lipinski definition) is 7. The molecule has 1 amide bonds. The van der Waals surface area contributed by atoms with Gasteiger partial charge in [0.25, 0.3) is 0 Å². The molecule has 0 unspecified atom stereocenters. The van der Waals surface area contributed by atoms with Crippen molar-refractivity contribution < 1.29 is 14.3 Å². The van der Waals surface area contributed by atoms with Crippen LogP contribution in [0.5, 0.6) is 0 Å². The summed E-state index contributed by atoms with van der Waals surface area (Å²) in [4.78, 5) is 23.9. The fraction of sp³-hybridized carbons (Fsp3) is 0.467. The summed E-state index contributed by atoms with van der Waals surface area (Å²) in [6, 6.07) is 3.85. The molecule has 0 aromatic carbocycles. The zero-order valence-corrected chi connectivity index (χ0v) is 15.4. The van der Waals surface area contributed by atoms with Gasteiger partial charge in [-0.05, 0) is 32.2 Å². The Balaban J connectivity index is 2.14. The number of primary amides is 1. The van der Waals surface area contributed by atoms with Crippen molar-refractivity contribution >= 4 is 35.0 Å². The Kier molecular flexibility index (Phi) is 6.00. The lowest BCUT2D eigenvalue weighted by atomic mass is 10.2. The number of amides is 1. The smallest absolute Gasteiger partial charge is 0.316 e. The predicted octanol–water partition coefficient (Wildman–Crippen LogP) is 2.32. The van der Waals surface area contributed by atoms with Gasteiger partial charge in [-0.1, -0.05) is 17.8 Å². The van der Waals surface area contributed by atoms with Gasteiger partial charge in [0, 0.05) is 13.0 Å². The van der Waals surface area contributed by atoms with Crippen LogP contribution < -0.4 is 5.73 Å². The van der Waals surface area contributed by atoms with Gasteiger partial charge in [-0.15, -0.1) is 21.5 Å². The molecule has 0 radical (unpaired) electrons. The van der Waals surface area contributed by atoms with Gasteiger partial charge in [0.15, 0.2) is 11.0 Å². The van der Waals surface area contributed by atoms with Crippen molar-refractivity contribution in [3.05, 3.63) is 17.5 Å². The standard InChI is InChI=1S/C15H20N4O3S2/c1-15(2,3)22-12(21)9-24-14-18-17-13(10-5-4-8-23-10)19(14)7-6-11(16)20/h4-5,8H,6-7,9H2,1-3H3,(H2,16,20). The minimum absolute atomic E-state index is 0.121. The van der Waals surface area contributed by atoms with E-state index in [9.17, 15) is 9.59 Å². The van der Waals surface area contributed by atoms with E-state index in [-0.39, 0.29) is 18.1 Å². The van der Waals surface area contributed by atoms with Crippen LogP contribution in [0.15, 0.2) is 22.7 Å². The van der Waals surface area contributed by atoms with E-state index in [1.54, 1.807) is 0 Å². The molecule has 9 heteroatoms. The minimum atomic E-state index is -0.528. The molecule has 0 fully saturated rings. The molecule has 2 aromatic heterocycles. The molecule has 2 rings (SSSR count). The maximum absolute atomic E-state index is 11.9. The van der Waals surface area contributed by atoms with Gasteiger partial charge in [0.05, 0.1) is 10.6 Å². The van der Waals surface area contributed by atoms with Crippen LogP contribution in [0, 0.1) is 0 Å². The quantitative estimate of drug-likeness (QED) is 0.595. The van der Waals surface area contributed by atoms with Gasteiger partial charge >= 0.3 is 5.97 Å². The van der Waals surface area contributed by atoms with Gasteiger partial charge in [-0.2, -0.15) is 0 Å². The van der Waals surface area contributed by atoms with Crippen LogP contribution in [-0.4, -0.2) is 38.0 Å². The Bertz CT molecular complexity index is 705. The maximum atomic E-state index is 11.9. The van der Waals surface area contributed by atoms with Crippen LogP contribution in [0.2, 0.25) is 0 Å². The number of esters is 1. The van der Waals surface area contributed by atoms with E-state index in [1.807, 2.05) is 42.9 Å². The molecule has 7 nitrogen and oxygen atoms in total. The Labute approximate surface area is 148 Å². The first-order chi connectivity index (χ1) is 11.3. The Morgan fingerprint density at radius 2 is 2.12 bits per heavy atom. The summed E-state index contributed by atoms with van der Waals surface area (Å²) in [6.45, 7) is 5.83. The molecule has 0 saturated heterocycles. The fourth-order valence-corrected chi connectivity index (χ4v) is 3.36. The second-order valence-electron chi connectivity index (χ2n) is 6.03. The molecule has 2 aromatic rings. The summed E-state index contributed by atoms with van der Waals surface area (Å²) in [5, 5.41) is 10.8. The first kappa shape index (κ1) is 18.5. The summed E-state index contributed by atoms with van der Waals surface area (Å²) >= 11 is 2.76. The van der Waals surface area contributed by atoms with Crippen LogP contribution in [-0.2, 0) is 20.9 Å². The van der Waals surface area contributed by atoms with Crippen molar-refractivity contribution in [2.24, 2.45) is 5.73 Å². The first-order valence-electron chi connectivity index (χ1n) is 7.36. The third-order valence-electron chi connectivity index (χ3n) is 2.78. The normalized spacial score (nSPS) is 11.5. The highest BCUT2D eigenvalue weighted by Crippen LogP contribution is 2.27. The lowest BCUT2D eigenvalue weighted by Gasteiger charge is -2.19. The maximum Gasteiger partial charge on any atom is 0.316 e. The van der Waals surface area contributed by atoms with E-state index in [1.165, 1.54) is 23.1 Å². The van der Waals surface area contributed by atoms with E-state index in [2.05, 4.69) is 10.2 Å². The van der Waals surface area contributed by atoms with Crippen LogP contribution in [0.4, 0.5) is 0 Å². The van der Waals surface area contributed by atoms with E-state index < -0.39 is 11.5 Å². The number of carbonyl (C=O) groups is 2. The lowest BCUT2D eigenvalue weighted by molar-refractivity contribution is -0.151. The second-order valence-corrected chi connectivity index (χ2v) is 7.92. The van der Waals surface area contributed by atoms with E-state index >= 15 is 0 Å². The molecule has 0 spiro atoms. The van der Waals surface area contributed by atoms with Crippen LogP contribution in [0.25, 0.3) is 10.7 Å². The van der Waals surface area contributed by atoms with E-state index in [4.69, 9.17) is 10.5 Å². The first-order valence-corrected chi connectivity index (χ1v) is 9.23. The highest BCUT2D eigenvalue weighted by molar-refractivity contribution is 7.99. The molecule has 0 aliphatic carbocycles. The number of carbonyl (C=O) groups excluding carboxylic acids is 2. The van der Waals surface area contributed by atoms with Crippen LogP contribution >= 0.6 is 23.1 Å². The lowest BCUT2D eigenvalue weighted by Crippen LogP contribution is -2.25. The zero-order valence-electron chi connectivity index (χ0n) is 13.8. The van der Waals surface area contributed by atoms with Crippen molar-refractivity contribution in [3.63, 3.8) is 0 Å². The minimum Gasteiger partial charge on any atom is -0.459 e. The number of nitrogens with zero attached hydrogens (tertiary/aromatic N) is 3. The molecule has 24 heavy (non-hydrogen) atoms. The number of nitrogens with two attached hydrogens (primary N) is 1. The topological polar surface area (TPSA) is 100 Å². The summed E-state index contributed by atoms with van der Waals surface area (Å²) in [5.74, 6) is 0.0626. The SMILES string of the molecule is CC(C)(C)OC(=O)CSc1nnc(-c2cccs2)n1CCC(N)=O. The summed E-state index contributed by atoms with van der Waals surface area (Å²) in [5.41, 5.74) is 4.72. The zero-order chi connectivity index (χ0) is 17.7. The van der Waals surface area contributed by atoms with Gasteiger partial charge in [0.1, 0.15) is 5.60 Å². The molecule has 0 atom stereocenters. The monoisotopic (exact) mass is 368 g/mol. The van der Waals surface area contributed by atoms with E-state index in [0.29, 0.717) is 17.5 Å². The average molecular weight is 368 g/mol. The third kappa shape index (κ3) is 5.34. The molecule has 130 valence electrons. The molecule has 2 N–H and O–H groups in total. The number of ether oxygens (including phenoxy) is 1. The molecule has 2 heterocycles. The number of hydrogen-bond donors (Lipinski definition) is 1. The number of rotatable bonds is 7. The van der Waals surface area contributed by atoms with Crippen LogP contribution in [0.1, 0.15) is 27.2 Å². The van der Waals surface area contributed by atoms with Crippen molar-refractivity contribution in [2.75, 3.05) is 5.75 Å². The molecule has 0 bridgehead atoms. The van der Waals surface area contributed by atoms with Crippen molar-refractivity contribution in [1.82, 2.24) is 14.8 Å². The molecular weight excluding hydrogens is 348 g/mol. The number of aromatic nitrogens is 3. The Hall–Kier alpha value is -1.87. The van der Waals surface area contributed by atoms with Crippen LogP contribution in [0.3, 0.4) is 0 Å². The summed E-state index contributed by atoms with van der Waals surface area (Å²) in [6.07, 6.45) is 0.177. The van der Waals surface area contributed by atoms with Gasteiger partial charge in [-0.25, -0.2) is 0 Å². The predicted molar refractivity (Wildman–Crippen MR) is 93.7 cm³/mol. The van der Waals surface area contributed by atoms with E-state index in [0.717, 1.165) is 4.88 Å². The van der Waals surface area contributed by atoms with Gasteiger partial charge in [0.2, 0.25) is 5.91 Å². The average Bonchev–Trinajstić information content (AvgIpc) is 3.10.